The molecule has 0 spiro atoms. The van der Waals surface area contributed by atoms with Crippen LogP contribution in [0.25, 0.3) is 0 Å². The molecule has 0 saturated carbocycles. The Morgan fingerprint density at radius 3 is 2.65 bits per heavy atom. The van der Waals surface area contributed by atoms with E-state index < -0.39 is 43.5 Å². The Bertz CT molecular complexity index is 1290. The molecule has 2 aliphatic rings. The molecule has 12 heteroatoms. The molecule has 37 heavy (non-hydrogen) atoms. The van der Waals surface area contributed by atoms with E-state index in [0.29, 0.717) is 35.9 Å². The number of aliphatic carboxylic acids is 1. The van der Waals surface area contributed by atoms with Gasteiger partial charge in [-0.2, -0.15) is 0 Å². The standard InChI is InChI=1S/C25H27N5O7/c26-24-18-5-3-16(9-15(18)12-27-24)28-25(37)20(32)11-22(34)29(7-8-31)17-4-1-14-2-6-21(33)30(13-23(35)36)19(14)10-17/h1,3-5,9-10,20,31-32H,2,6-8,11-13H2,(H2,26,27)(H,28,37)(H,35,36)/t20-/m1/s1. The van der Waals surface area contributed by atoms with E-state index in [1.54, 1.807) is 30.3 Å². The molecule has 1 atom stereocenters. The number of rotatable bonds is 9. The fraction of sp³-hybridized carbons (Fsp3) is 0.320. The summed E-state index contributed by atoms with van der Waals surface area (Å²) >= 11 is 0. The van der Waals surface area contributed by atoms with Crippen LogP contribution in [0.1, 0.15) is 29.5 Å². The first kappa shape index (κ1) is 25.8. The maximum atomic E-state index is 13.1. The number of aliphatic hydroxyl groups is 2. The van der Waals surface area contributed by atoms with E-state index in [9.17, 15) is 34.5 Å². The highest BCUT2D eigenvalue weighted by Gasteiger charge is 2.29. The monoisotopic (exact) mass is 509 g/mol. The van der Waals surface area contributed by atoms with E-state index >= 15 is 0 Å². The van der Waals surface area contributed by atoms with Crippen molar-refractivity contribution < 1.29 is 34.5 Å². The SMILES string of the molecule is NC1=NCc2cc(NC(=O)[C@H](O)CC(=O)N(CCO)c3ccc4c(c3)N(CC(=O)O)C(=O)CC4)ccc21. The van der Waals surface area contributed by atoms with Gasteiger partial charge in [-0.15, -0.1) is 0 Å². The van der Waals surface area contributed by atoms with Crippen molar-refractivity contribution in [1.29, 1.82) is 0 Å². The first-order chi connectivity index (χ1) is 17.7. The maximum Gasteiger partial charge on any atom is 0.323 e. The zero-order valence-corrected chi connectivity index (χ0v) is 19.9. The van der Waals surface area contributed by atoms with Crippen LogP contribution < -0.4 is 20.9 Å². The van der Waals surface area contributed by atoms with Crippen LogP contribution in [0.4, 0.5) is 17.1 Å². The van der Waals surface area contributed by atoms with E-state index in [0.717, 1.165) is 21.6 Å². The van der Waals surface area contributed by atoms with Crippen molar-refractivity contribution in [3.63, 3.8) is 0 Å². The van der Waals surface area contributed by atoms with Gasteiger partial charge >= 0.3 is 5.97 Å². The molecule has 4 rings (SSSR count). The number of nitrogens with zero attached hydrogens (tertiary/aromatic N) is 3. The summed E-state index contributed by atoms with van der Waals surface area (Å²) in [4.78, 5) is 55.7. The van der Waals surface area contributed by atoms with Gasteiger partial charge in [0, 0.05) is 35.6 Å². The van der Waals surface area contributed by atoms with Gasteiger partial charge in [-0.1, -0.05) is 6.07 Å². The average molecular weight is 510 g/mol. The summed E-state index contributed by atoms with van der Waals surface area (Å²) in [6.07, 6.45) is -1.64. The molecule has 194 valence electrons. The second-order valence-electron chi connectivity index (χ2n) is 8.74. The Labute approximate surface area is 212 Å². The van der Waals surface area contributed by atoms with Crippen molar-refractivity contribution >= 4 is 46.6 Å². The normalized spacial score (nSPS) is 14.9. The van der Waals surface area contributed by atoms with Gasteiger partial charge in [0.25, 0.3) is 5.91 Å². The third-order valence-electron chi connectivity index (χ3n) is 6.24. The van der Waals surface area contributed by atoms with Gasteiger partial charge < -0.3 is 36.2 Å². The highest BCUT2D eigenvalue weighted by atomic mass is 16.4. The summed E-state index contributed by atoms with van der Waals surface area (Å²) in [5.41, 5.74) is 9.24. The smallest absolute Gasteiger partial charge is 0.323 e. The first-order valence-corrected chi connectivity index (χ1v) is 11.7. The van der Waals surface area contributed by atoms with E-state index in [2.05, 4.69) is 10.3 Å². The fourth-order valence-corrected chi connectivity index (χ4v) is 4.40. The van der Waals surface area contributed by atoms with Crippen LogP contribution >= 0.6 is 0 Å². The molecule has 2 aromatic rings. The number of hydrogen-bond donors (Lipinski definition) is 5. The molecule has 6 N–H and O–H groups in total. The topological polar surface area (TPSA) is 186 Å². The molecule has 2 aliphatic heterocycles. The Morgan fingerprint density at radius 2 is 1.92 bits per heavy atom. The van der Waals surface area contributed by atoms with Crippen molar-refractivity contribution in [3.8, 4) is 0 Å². The molecule has 12 nitrogen and oxygen atoms in total. The number of amides is 3. The quantitative estimate of drug-likeness (QED) is 0.312. The van der Waals surface area contributed by atoms with E-state index in [1.807, 2.05) is 0 Å². The van der Waals surface area contributed by atoms with E-state index in [4.69, 9.17) is 5.73 Å². The lowest BCUT2D eigenvalue weighted by Gasteiger charge is -2.30. The lowest BCUT2D eigenvalue weighted by Crippen LogP contribution is -2.40. The van der Waals surface area contributed by atoms with Crippen LogP contribution in [0.2, 0.25) is 0 Å². The van der Waals surface area contributed by atoms with Crippen molar-refractivity contribution in [2.45, 2.75) is 31.9 Å². The Hall–Kier alpha value is -4.29. The lowest BCUT2D eigenvalue weighted by molar-refractivity contribution is -0.136. The second kappa shape index (κ2) is 10.8. The van der Waals surface area contributed by atoms with Gasteiger partial charge in [0.2, 0.25) is 11.8 Å². The van der Waals surface area contributed by atoms with E-state index in [1.165, 1.54) is 11.0 Å². The summed E-state index contributed by atoms with van der Waals surface area (Å²) in [5, 5.41) is 31.7. The minimum atomic E-state index is -1.68. The largest absolute Gasteiger partial charge is 0.480 e. The fourth-order valence-electron chi connectivity index (χ4n) is 4.40. The highest BCUT2D eigenvalue weighted by Crippen LogP contribution is 2.32. The Morgan fingerprint density at radius 1 is 1.14 bits per heavy atom. The number of carbonyl (C=O) groups is 4. The van der Waals surface area contributed by atoms with Crippen LogP contribution in [-0.2, 0) is 32.1 Å². The van der Waals surface area contributed by atoms with Crippen LogP contribution in [-0.4, -0.2) is 70.6 Å². The van der Waals surface area contributed by atoms with Crippen molar-refractivity contribution in [3.05, 3.63) is 53.1 Å². The van der Waals surface area contributed by atoms with Crippen LogP contribution in [0, 0.1) is 0 Å². The number of hydrogen-bond acceptors (Lipinski definition) is 8. The predicted octanol–water partition coefficient (Wildman–Crippen LogP) is -0.0157. The number of carboxylic acid groups (broad SMARTS) is 1. The van der Waals surface area contributed by atoms with Crippen molar-refractivity contribution in [2.24, 2.45) is 10.7 Å². The minimum absolute atomic E-state index is 0.134. The summed E-state index contributed by atoms with van der Waals surface area (Å²) in [5.74, 6) is -2.53. The van der Waals surface area contributed by atoms with Crippen molar-refractivity contribution in [2.75, 3.05) is 34.8 Å². The first-order valence-electron chi connectivity index (χ1n) is 11.7. The van der Waals surface area contributed by atoms with Gasteiger partial charge in [-0.05, 0) is 47.9 Å². The Balaban J connectivity index is 1.47. The van der Waals surface area contributed by atoms with Gasteiger partial charge in [0.15, 0.2) is 0 Å². The predicted molar refractivity (Wildman–Crippen MR) is 134 cm³/mol. The lowest BCUT2D eigenvalue weighted by atomic mass is 10.00. The molecular weight excluding hydrogens is 482 g/mol. The number of anilines is 3. The maximum absolute atomic E-state index is 13.1. The molecule has 0 fully saturated rings. The third kappa shape index (κ3) is 5.60. The second-order valence-corrected chi connectivity index (χ2v) is 8.74. The van der Waals surface area contributed by atoms with Crippen LogP contribution in [0.5, 0.6) is 0 Å². The molecule has 0 radical (unpaired) electrons. The zero-order valence-electron chi connectivity index (χ0n) is 19.9. The van der Waals surface area contributed by atoms with Crippen molar-refractivity contribution in [1.82, 2.24) is 0 Å². The number of carboxylic acids is 1. The number of aliphatic imine (C=N–C) groups is 1. The number of nitrogens with one attached hydrogen (secondary N) is 1. The minimum Gasteiger partial charge on any atom is -0.480 e. The number of nitrogens with two attached hydrogens (primary N) is 1. The number of amidine groups is 1. The number of aliphatic hydroxyl groups excluding tert-OH is 2. The van der Waals surface area contributed by atoms with Gasteiger partial charge in [0.05, 0.1) is 19.6 Å². The molecule has 3 amide bonds. The molecule has 2 heterocycles. The number of aryl methyl sites for hydroxylation is 1. The zero-order chi connectivity index (χ0) is 26.7. The molecule has 2 aromatic carbocycles. The third-order valence-corrected chi connectivity index (χ3v) is 6.24. The molecule has 0 aliphatic carbocycles. The summed E-state index contributed by atoms with van der Waals surface area (Å²) in [6.45, 7) is -0.671. The highest BCUT2D eigenvalue weighted by molar-refractivity contribution is 6.04. The van der Waals surface area contributed by atoms with E-state index in [-0.39, 0.29) is 18.9 Å². The average Bonchev–Trinajstić information content (AvgIpc) is 3.23. The van der Waals surface area contributed by atoms with Gasteiger partial charge in [-0.25, -0.2) is 0 Å². The number of carbonyl (C=O) groups excluding carboxylic acids is 3. The summed E-state index contributed by atoms with van der Waals surface area (Å²) in [6, 6.07) is 9.84. The van der Waals surface area contributed by atoms with Crippen LogP contribution in [0.15, 0.2) is 41.4 Å². The van der Waals surface area contributed by atoms with Gasteiger partial charge in [-0.3, -0.25) is 24.2 Å². The molecule has 0 aromatic heterocycles. The van der Waals surface area contributed by atoms with Crippen LogP contribution in [0.3, 0.4) is 0 Å². The molecule has 0 saturated heterocycles. The molecule has 0 unspecified atom stereocenters. The summed E-state index contributed by atoms with van der Waals surface area (Å²) in [7, 11) is 0. The molecular formula is C25H27N5O7. The summed E-state index contributed by atoms with van der Waals surface area (Å²) < 4.78 is 0. The molecule has 0 bridgehead atoms. The Kier molecular flexibility index (Phi) is 7.50. The number of fused-ring (bicyclic) bond motifs is 2. The number of benzene rings is 2. The van der Waals surface area contributed by atoms with Gasteiger partial charge in [0.1, 0.15) is 18.5 Å².